The van der Waals surface area contributed by atoms with Crippen molar-refractivity contribution in [1.29, 1.82) is 0 Å². The van der Waals surface area contributed by atoms with E-state index in [2.05, 4.69) is 10.6 Å². The fourth-order valence-corrected chi connectivity index (χ4v) is 1.93. The highest BCUT2D eigenvalue weighted by Gasteiger charge is 2.11. The molecule has 0 heterocycles. The van der Waals surface area contributed by atoms with Gasteiger partial charge in [-0.3, -0.25) is 9.59 Å². The van der Waals surface area contributed by atoms with E-state index < -0.39 is 0 Å². The first-order valence-electron chi connectivity index (χ1n) is 7.52. The van der Waals surface area contributed by atoms with E-state index >= 15 is 0 Å². The smallest absolute Gasteiger partial charge is 0.253 e. The minimum absolute atomic E-state index is 0.0276. The zero-order valence-electron chi connectivity index (χ0n) is 13.1. The number of amides is 2. The lowest BCUT2D eigenvalue weighted by atomic mass is 10.2. The summed E-state index contributed by atoms with van der Waals surface area (Å²) >= 11 is 0. The van der Waals surface area contributed by atoms with Crippen LogP contribution in [-0.4, -0.2) is 42.9 Å². The van der Waals surface area contributed by atoms with E-state index in [1.807, 2.05) is 32.9 Å². The van der Waals surface area contributed by atoms with Crippen molar-refractivity contribution in [3.63, 3.8) is 0 Å². The molecule has 0 aromatic heterocycles. The van der Waals surface area contributed by atoms with Gasteiger partial charge in [-0.2, -0.15) is 0 Å². The summed E-state index contributed by atoms with van der Waals surface area (Å²) in [5, 5.41) is 5.84. The maximum Gasteiger partial charge on any atom is 0.253 e. The summed E-state index contributed by atoms with van der Waals surface area (Å²) in [5.74, 6) is 0.00684. The lowest BCUT2D eigenvalue weighted by Crippen LogP contribution is -2.31. The van der Waals surface area contributed by atoms with E-state index in [9.17, 15) is 9.59 Å². The Morgan fingerprint density at radius 1 is 1.05 bits per heavy atom. The Bertz CT molecular complexity index is 453. The number of carbonyl (C=O) groups excluding carboxylic acids is 2. The summed E-state index contributed by atoms with van der Waals surface area (Å²) in [6, 6.07) is 7.22. The van der Waals surface area contributed by atoms with E-state index in [1.54, 1.807) is 17.0 Å². The van der Waals surface area contributed by atoms with Gasteiger partial charge in [-0.1, -0.05) is 6.92 Å². The van der Waals surface area contributed by atoms with Crippen molar-refractivity contribution >= 4 is 17.5 Å². The molecule has 0 aliphatic carbocycles. The normalized spacial score (nSPS) is 10.0. The molecule has 1 aromatic rings. The maximum atomic E-state index is 12.1. The van der Waals surface area contributed by atoms with E-state index in [1.165, 1.54) is 0 Å². The highest BCUT2D eigenvalue weighted by Crippen LogP contribution is 2.11. The lowest BCUT2D eigenvalue weighted by Gasteiger charge is -2.18. The molecule has 2 amide bonds. The topological polar surface area (TPSA) is 61.4 Å². The van der Waals surface area contributed by atoms with Gasteiger partial charge >= 0.3 is 0 Å². The Morgan fingerprint density at radius 2 is 1.67 bits per heavy atom. The lowest BCUT2D eigenvalue weighted by molar-refractivity contribution is -0.119. The molecule has 0 spiro atoms. The van der Waals surface area contributed by atoms with Gasteiger partial charge in [0.1, 0.15) is 0 Å². The van der Waals surface area contributed by atoms with Crippen molar-refractivity contribution in [1.82, 2.24) is 10.2 Å². The number of rotatable bonds is 8. The average molecular weight is 291 g/mol. The number of hydrogen-bond acceptors (Lipinski definition) is 3. The molecule has 21 heavy (non-hydrogen) atoms. The van der Waals surface area contributed by atoms with Crippen LogP contribution in [0.25, 0.3) is 0 Å². The number of nitrogens with one attached hydrogen (secondary N) is 2. The molecular weight excluding hydrogens is 266 g/mol. The Hall–Kier alpha value is -2.04. The van der Waals surface area contributed by atoms with Crippen LogP contribution in [0.15, 0.2) is 24.3 Å². The minimum Gasteiger partial charge on any atom is -0.376 e. The molecular formula is C16H25N3O2. The fourth-order valence-electron chi connectivity index (χ4n) is 1.93. The van der Waals surface area contributed by atoms with Crippen LogP contribution in [0.4, 0.5) is 5.69 Å². The summed E-state index contributed by atoms with van der Waals surface area (Å²) in [6.45, 7) is 8.28. The molecule has 2 N–H and O–H groups in total. The third kappa shape index (κ3) is 5.45. The number of nitrogens with zero attached hydrogens (tertiary/aromatic N) is 1. The van der Waals surface area contributed by atoms with E-state index in [-0.39, 0.29) is 18.4 Å². The van der Waals surface area contributed by atoms with Crippen LogP contribution in [0.2, 0.25) is 0 Å². The van der Waals surface area contributed by atoms with E-state index in [0.717, 1.165) is 12.1 Å². The molecule has 1 aromatic carbocycles. The molecule has 0 aliphatic heterocycles. The van der Waals surface area contributed by atoms with Crippen molar-refractivity contribution in [3.05, 3.63) is 29.8 Å². The predicted octanol–water partition coefficient (Wildman–Crippen LogP) is 2.11. The molecule has 1 rings (SSSR count). The summed E-state index contributed by atoms with van der Waals surface area (Å²) < 4.78 is 0. The molecule has 5 nitrogen and oxygen atoms in total. The molecule has 0 aliphatic rings. The fraction of sp³-hybridized carbons (Fsp3) is 0.500. The summed E-state index contributed by atoms with van der Waals surface area (Å²) in [6.07, 6.45) is 0.925. The van der Waals surface area contributed by atoms with Gasteiger partial charge in [0.25, 0.3) is 5.91 Å². The molecule has 0 saturated heterocycles. The Labute approximate surface area is 126 Å². The second-order valence-electron chi connectivity index (χ2n) is 4.76. The SMILES string of the molecule is CCCNC(=O)CNc1ccc(C(=O)N(CC)CC)cc1. The first-order chi connectivity index (χ1) is 10.1. The summed E-state index contributed by atoms with van der Waals surface area (Å²) in [5.41, 5.74) is 1.50. The van der Waals surface area contributed by atoms with E-state index in [4.69, 9.17) is 0 Å². The monoisotopic (exact) mass is 291 g/mol. The van der Waals surface area contributed by atoms with Crippen LogP contribution in [0.1, 0.15) is 37.6 Å². The molecule has 0 radical (unpaired) electrons. The van der Waals surface area contributed by atoms with Crippen LogP contribution in [0.5, 0.6) is 0 Å². The van der Waals surface area contributed by atoms with Gasteiger partial charge in [0.15, 0.2) is 0 Å². The highest BCUT2D eigenvalue weighted by molar-refractivity contribution is 5.94. The zero-order valence-corrected chi connectivity index (χ0v) is 13.1. The summed E-state index contributed by atoms with van der Waals surface area (Å²) in [7, 11) is 0. The van der Waals surface area contributed by atoms with Crippen LogP contribution in [0.3, 0.4) is 0 Å². The standard InChI is InChI=1S/C16H25N3O2/c1-4-11-17-15(20)12-18-14-9-7-13(8-10-14)16(21)19(5-2)6-3/h7-10,18H,4-6,11-12H2,1-3H3,(H,17,20). The van der Waals surface area contributed by atoms with Crippen molar-refractivity contribution in [2.45, 2.75) is 27.2 Å². The zero-order chi connectivity index (χ0) is 15.7. The molecule has 0 atom stereocenters. The molecule has 5 heteroatoms. The van der Waals surface area contributed by atoms with Crippen LogP contribution in [0, 0.1) is 0 Å². The molecule has 0 unspecified atom stereocenters. The quantitative estimate of drug-likeness (QED) is 0.771. The average Bonchev–Trinajstić information content (AvgIpc) is 2.52. The van der Waals surface area contributed by atoms with Gasteiger partial charge in [-0.25, -0.2) is 0 Å². The Kier molecular flexibility index (Phi) is 7.29. The van der Waals surface area contributed by atoms with Gasteiger partial charge in [0.05, 0.1) is 6.54 Å². The van der Waals surface area contributed by atoms with E-state index in [0.29, 0.717) is 25.2 Å². The molecule has 0 fully saturated rings. The van der Waals surface area contributed by atoms with Gasteiger partial charge < -0.3 is 15.5 Å². The van der Waals surface area contributed by atoms with Gasteiger partial charge in [-0.05, 0) is 44.5 Å². The van der Waals surface area contributed by atoms with Gasteiger partial charge in [0, 0.05) is 30.9 Å². The molecule has 0 saturated carbocycles. The number of benzene rings is 1. The number of anilines is 1. The second-order valence-corrected chi connectivity index (χ2v) is 4.76. The Morgan fingerprint density at radius 3 is 2.19 bits per heavy atom. The van der Waals surface area contributed by atoms with Crippen molar-refractivity contribution < 1.29 is 9.59 Å². The van der Waals surface area contributed by atoms with Crippen LogP contribution < -0.4 is 10.6 Å². The predicted molar refractivity (Wildman–Crippen MR) is 85.5 cm³/mol. The Balaban J connectivity index is 2.54. The van der Waals surface area contributed by atoms with Crippen LogP contribution >= 0.6 is 0 Å². The van der Waals surface area contributed by atoms with Crippen molar-refractivity contribution in [2.75, 3.05) is 31.5 Å². The minimum atomic E-state index is -0.0276. The van der Waals surface area contributed by atoms with Crippen LogP contribution in [-0.2, 0) is 4.79 Å². The number of carbonyl (C=O) groups is 2. The molecule has 116 valence electrons. The molecule has 0 bridgehead atoms. The first-order valence-corrected chi connectivity index (χ1v) is 7.52. The first kappa shape index (κ1) is 17.0. The van der Waals surface area contributed by atoms with Crippen molar-refractivity contribution in [3.8, 4) is 0 Å². The maximum absolute atomic E-state index is 12.1. The van der Waals surface area contributed by atoms with Crippen molar-refractivity contribution in [2.24, 2.45) is 0 Å². The van der Waals surface area contributed by atoms with Gasteiger partial charge in [0.2, 0.25) is 5.91 Å². The summed E-state index contributed by atoms with van der Waals surface area (Å²) in [4.78, 5) is 25.4. The third-order valence-corrected chi connectivity index (χ3v) is 3.21. The largest absolute Gasteiger partial charge is 0.376 e. The van der Waals surface area contributed by atoms with Gasteiger partial charge in [-0.15, -0.1) is 0 Å². The number of hydrogen-bond donors (Lipinski definition) is 2. The third-order valence-electron chi connectivity index (χ3n) is 3.21. The second kappa shape index (κ2) is 9.00. The highest BCUT2D eigenvalue weighted by atomic mass is 16.2.